The molecule has 1 aliphatic carbocycles. The van der Waals surface area contributed by atoms with E-state index in [0.717, 1.165) is 25.7 Å². The van der Waals surface area contributed by atoms with Crippen LogP contribution in [0.25, 0.3) is 0 Å². The van der Waals surface area contributed by atoms with Crippen LogP contribution in [0.2, 0.25) is 0 Å². The van der Waals surface area contributed by atoms with Gasteiger partial charge in [0.25, 0.3) is 0 Å². The first-order chi connectivity index (χ1) is 9.29. The number of hydrogen-bond acceptors (Lipinski definition) is 3. The van der Waals surface area contributed by atoms with Crippen LogP contribution < -0.4 is 0 Å². The fourth-order valence-electron chi connectivity index (χ4n) is 2.27. The molecule has 1 fully saturated rings. The molecule has 0 spiro atoms. The number of halogens is 3. The van der Waals surface area contributed by atoms with E-state index in [-0.39, 0.29) is 19.1 Å². The highest BCUT2D eigenvalue weighted by atomic mass is 19.4. The van der Waals surface area contributed by atoms with Crippen molar-refractivity contribution in [3.05, 3.63) is 0 Å². The van der Waals surface area contributed by atoms with E-state index >= 15 is 0 Å². The third-order valence-corrected chi connectivity index (χ3v) is 3.12. The largest absolute Gasteiger partial charge is 0.480 e. The van der Waals surface area contributed by atoms with Crippen molar-refractivity contribution in [3.8, 4) is 0 Å². The Bertz CT molecular complexity index is 340. The number of hydrogen-bond donors (Lipinski definition) is 1. The van der Waals surface area contributed by atoms with Crippen LogP contribution in [0.4, 0.5) is 13.2 Å². The van der Waals surface area contributed by atoms with Crippen LogP contribution in [-0.4, -0.2) is 53.9 Å². The minimum absolute atomic E-state index is 0.124. The maximum absolute atomic E-state index is 11.9. The van der Waals surface area contributed by atoms with Gasteiger partial charge in [0, 0.05) is 6.04 Å². The van der Waals surface area contributed by atoms with Crippen molar-refractivity contribution in [3.63, 3.8) is 0 Å². The lowest BCUT2D eigenvalue weighted by Crippen LogP contribution is -2.42. The average Bonchev–Trinajstić information content (AvgIpc) is 2.83. The number of rotatable bonds is 7. The lowest BCUT2D eigenvalue weighted by Gasteiger charge is -2.27. The summed E-state index contributed by atoms with van der Waals surface area (Å²) < 4.78 is 39.9. The number of carboxylic acid groups (broad SMARTS) is 1. The number of nitrogens with zero attached hydrogens (tertiary/aromatic N) is 1. The Morgan fingerprint density at radius 2 is 1.85 bits per heavy atom. The zero-order valence-corrected chi connectivity index (χ0v) is 11.0. The lowest BCUT2D eigenvalue weighted by molar-refractivity contribution is -0.175. The normalized spacial score (nSPS) is 16.4. The Labute approximate surface area is 114 Å². The lowest BCUT2D eigenvalue weighted by atomic mass is 10.2. The highest BCUT2D eigenvalue weighted by Crippen LogP contribution is 2.24. The van der Waals surface area contributed by atoms with Crippen LogP contribution in [0.5, 0.6) is 0 Å². The molecule has 0 aromatic carbocycles. The second-order valence-corrected chi connectivity index (χ2v) is 4.77. The molecule has 20 heavy (non-hydrogen) atoms. The molecule has 0 heterocycles. The summed E-state index contributed by atoms with van der Waals surface area (Å²) in [5.74, 6) is -1.59. The van der Waals surface area contributed by atoms with E-state index in [1.54, 1.807) is 0 Å². The van der Waals surface area contributed by atoms with Gasteiger partial charge in [-0.15, -0.1) is 0 Å². The summed E-state index contributed by atoms with van der Waals surface area (Å²) in [6.45, 7) is -2.17. The average molecular weight is 297 g/mol. The van der Waals surface area contributed by atoms with Crippen molar-refractivity contribution in [1.82, 2.24) is 4.90 Å². The molecule has 0 aliphatic heterocycles. The van der Waals surface area contributed by atoms with Crippen LogP contribution in [0, 0.1) is 0 Å². The quantitative estimate of drug-likeness (QED) is 0.728. The molecule has 0 radical (unpaired) electrons. The molecule has 5 nitrogen and oxygen atoms in total. The zero-order valence-electron chi connectivity index (χ0n) is 11.0. The van der Waals surface area contributed by atoms with Gasteiger partial charge in [-0.3, -0.25) is 9.59 Å². The number of ether oxygens (including phenoxy) is 1. The molecule has 1 aliphatic rings. The van der Waals surface area contributed by atoms with E-state index in [1.165, 1.54) is 4.90 Å². The standard InChI is InChI=1S/C12H18F3NO4/c13-12(14,15)8-20-6-5-10(17)16(7-11(18)19)9-3-1-2-4-9/h9H,1-8H2,(H,18,19). The van der Waals surface area contributed by atoms with E-state index in [1.807, 2.05) is 0 Å². The Hall–Kier alpha value is -1.31. The molecule has 1 amide bonds. The van der Waals surface area contributed by atoms with Gasteiger partial charge in [0.2, 0.25) is 5.91 Å². The SMILES string of the molecule is O=C(O)CN(C(=O)CCOCC(F)(F)F)C1CCCC1. The Morgan fingerprint density at radius 1 is 1.25 bits per heavy atom. The van der Waals surface area contributed by atoms with Crippen LogP contribution in [-0.2, 0) is 14.3 Å². The van der Waals surface area contributed by atoms with Gasteiger partial charge in [-0.05, 0) is 12.8 Å². The number of aliphatic carboxylic acids is 1. The number of amides is 1. The summed E-state index contributed by atoms with van der Waals surface area (Å²) in [6.07, 6.45) is -1.32. The molecular weight excluding hydrogens is 279 g/mol. The molecule has 0 saturated heterocycles. The van der Waals surface area contributed by atoms with Gasteiger partial charge in [-0.2, -0.15) is 13.2 Å². The van der Waals surface area contributed by atoms with Gasteiger partial charge in [-0.25, -0.2) is 0 Å². The maximum Gasteiger partial charge on any atom is 0.411 e. The van der Waals surface area contributed by atoms with Crippen molar-refractivity contribution in [2.24, 2.45) is 0 Å². The fraction of sp³-hybridized carbons (Fsp3) is 0.833. The molecule has 1 rings (SSSR count). The third-order valence-electron chi connectivity index (χ3n) is 3.12. The van der Waals surface area contributed by atoms with Crippen LogP contribution in [0.1, 0.15) is 32.1 Å². The van der Waals surface area contributed by atoms with Gasteiger partial charge in [0.15, 0.2) is 0 Å². The van der Waals surface area contributed by atoms with Gasteiger partial charge in [0.1, 0.15) is 13.2 Å². The molecule has 0 bridgehead atoms. The second-order valence-electron chi connectivity index (χ2n) is 4.77. The molecule has 1 saturated carbocycles. The predicted molar refractivity (Wildman–Crippen MR) is 63.1 cm³/mol. The highest BCUT2D eigenvalue weighted by Gasteiger charge is 2.29. The van der Waals surface area contributed by atoms with Crippen molar-refractivity contribution >= 4 is 11.9 Å². The second kappa shape index (κ2) is 7.47. The Morgan fingerprint density at radius 3 is 2.35 bits per heavy atom. The van der Waals surface area contributed by atoms with E-state index in [2.05, 4.69) is 4.74 Å². The summed E-state index contributed by atoms with van der Waals surface area (Å²) in [5.41, 5.74) is 0. The highest BCUT2D eigenvalue weighted by molar-refractivity contribution is 5.81. The van der Waals surface area contributed by atoms with E-state index < -0.39 is 31.2 Å². The smallest absolute Gasteiger partial charge is 0.411 e. The molecule has 1 N–H and O–H groups in total. The summed E-state index contributed by atoms with van der Waals surface area (Å²) in [5, 5.41) is 8.80. The molecule has 0 unspecified atom stereocenters. The minimum Gasteiger partial charge on any atom is -0.480 e. The Kier molecular flexibility index (Phi) is 6.25. The molecule has 8 heteroatoms. The number of carbonyl (C=O) groups is 2. The topological polar surface area (TPSA) is 66.8 Å². The van der Waals surface area contributed by atoms with E-state index in [9.17, 15) is 22.8 Å². The maximum atomic E-state index is 11.9. The summed E-state index contributed by atoms with van der Waals surface area (Å²) >= 11 is 0. The number of carboxylic acids is 1. The van der Waals surface area contributed by atoms with Crippen molar-refractivity contribution in [2.45, 2.75) is 44.3 Å². The number of carbonyl (C=O) groups excluding carboxylic acids is 1. The van der Waals surface area contributed by atoms with Gasteiger partial charge in [0.05, 0.1) is 13.0 Å². The van der Waals surface area contributed by atoms with Crippen LogP contribution in [0.15, 0.2) is 0 Å². The minimum atomic E-state index is -4.42. The summed E-state index contributed by atoms with van der Waals surface area (Å²) in [4.78, 5) is 23.9. The van der Waals surface area contributed by atoms with Crippen molar-refractivity contribution in [1.29, 1.82) is 0 Å². The fourth-order valence-corrected chi connectivity index (χ4v) is 2.27. The molecule has 0 aromatic heterocycles. The summed E-state index contributed by atoms with van der Waals surface area (Å²) in [7, 11) is 0. The Balaban J connectivity index is 2.40. The molecule has 116 valence electrons. The van der Waals surface area contributed by atoms with Crippen molar-refractivity contribution < 1.29 is 32.6 Å². The summed E-state index contributed by atoms with van der Waals surface area (Å²) in [6, 6.07) is -0.124. The van der Waals surface area contributed by atoms with Gasteiger partial charge < -0.3 is 14.7 Å². The van der Waals surface area contributed by atoms with Crippen molar-refractivity contribution in [2.75, 3.05) is 19.8 Å². The molecule has 0 aromatic rings. The van der Waals surface area contributed by atoms with Crippen LogP contribution >= 0.6 is 0 Å². The predicted octanol–water partition coefficient (Wildman–Crippen LogP) is 1.81. The van der Waals surface area contributed by atoms with E-state index in [0.29, 0.717) is 0 Å². The van der Waals surface area contributed by atoms with Gasteiger partial charge in [-0.1, -0.05) is 12.8 Å². The van der Waals surface area contributed by atoms with E-state index in [4.69, 9.17) is 5.11 Å². The van der Waals surface area contributed by atoms with Crippen LogP contribution in [0.3, 0.4) is 0 Å². The first kappa shape index (κ1) is 16.7. The molecular formula is C12H18F3NO4. The zero-order chi connectivity index (χ0) is 15.2. The van der Waals surface area contributed by atoms with Gasteiger partial charge >= 0.3 is 12.1 Å². The molecule has 0 atom stereocenters. The monoisotopic (exact) mass is 297 g/mol. The first-order valence-corrected chi connectivity index (χ1v) is 6.45. The number of alkyl halides is 3. The third kappa shape index (κ3) is 6.23. The first-order valence-electron chi connectivity index (χ1n) is 6.45.